The molecule has 1 aliphatic heterocycles. The topological polar surface area (TPSA) is 75.0 Å². The van der Waals surface area contributed by atoms with E-state index in [9.17, 15) is 4.79 Å². The first-order chi connectivity index (χ1) is 12.2. The molecule has 0 spiro atoms. The standard InChI is InChI=1S/C20H22N4O/c21-19(25)18(14-7-2-1-3-8-14)24-12-6-9-15(13-24)20-22-16-10-4-5-11-17(16)23-20/h1-5,7-8,10-11,15,18H,6,9,12-13H2,(H2,21,25)(H,22,23)/t15-,18-/m1/s1. The van der Waals surface area contributed by atoms with Crippen molar-refractivity contribution in [2.75, 3.05) is 13.1 Å². The van der Waals surface area contributed by atoms with Crippen LogP contribution in [-0.2, 0) is 4.79 Å². The number of rotatable bonds is 4. The van der Waals surface area contributed by atoms with Crippen molar-refractivity contribution < 1.29 is 4.79 Å². The van der Waals surface area contributed by atoms with Crippen molar-refractivity contribution in [1.82, 2.24) is 14.9 Å². The summed E-state index contributed by atoms with van der Waals surface area (Å²) in [7, 11) is 0. The number of hydrogen-bond donors (Lipinski definition) is 2. The molecule has 2 aromatic carbocycles. The third-order valence-electron chi connectivity index (χ3n) is 5.00. The van der Waals surface area contributed by atoms with Crippen LogP contribution in [0.5, 0.6) is 0 Å². The Bertz CT molecular complexity index is 841. The normalized spacial score (nSPS) is 19.8. The summed E-state index contributed by atoms with van der Waals surface area (Å²) in [6.45, 7) is 1.65. The van der Waals surface area contributed by atoms with Gasteiger partial charge in [0.2, 0.25) is 5.91 Å². The monoisotopic (exact) mass is 334 g/mol. The van der Waals surface area contributed by atoms with Crippen molar-refractivity contribution in [1.29, 1.82) is 0 Å². The molecule has 1 aromatic heterocycles. The van der Waals surface area contributed by atoms with Crippen LogP contribution < -0.4 is 5.73 Å². The molecule has 1 amide bonds. The van der Waals surface area contributed by atoms with Crippen molar-refractivity contribution in [3.8, 4) is 0 Å². The maximum absolute atomic E-state index is 12.1. The number of amides is 1. The van der Waals surface area contributed by atoms with Gasteiger partial charge in [-0.1, -0.05) is 42.5 Å². The van der Waals surface area contributed by atoms with E-state index >= 15 is 0 Å². The summed E-state index contributed by atoms with van der Waals surface area (Å²) < 4.78 is 0. The minimum absolute atomic E-state index is 0.284. The Labute approximate surface area is 146 Å². The number of hydrogen-bond acceptors (Lipinski definition) is 3. The van der Waals surface area contributed by atoms with Crippen molar-refractivity contribution >= 4 is 16.9 Å². The minimum Gasteiger partial charge on any atom is -0.368 e. The zero-order valence-corrected chi connectivity index (χ0v) is 14.1. The Morgan fingerprint density at radius 2 is 1.92 bits per heavy atom. The van der Waals surface area contributed by atoms with Gasteiger partial charge in [-0.15, -0.1) is 0 Å². The number of piperidine rings is 1. The van der Waals surface area contributed by atoms with Gasteiger partial charge in [0.05, 0.1) is 11.0 Å². The summed E-state index contributed by atoms with van der Waals surface area (Å²) in [5.74, 6) is 0.991. The number of carbonyl (C=O) groups is 1. The fraction of sp³-hybridized carbons (Fsp3) is 0.300. The van der Waals surface area contributed by atoms with E-state index < -0.39 is 0 Å². The fourth-order valence-electron chi connectivity index (χ4n) is 3.82. The molecule has 2 atom stereocenters. The average Bonchev–Trinajstić information content (AvgIpc) is 3.07. The number of primary amides is 1. The molecule has 4 rings (SSSR count). The average molecular weight is 334 g/mol. The molecule has 0 radical (unpaired) electrons. The molecule has 5 nitrogen and oxygen atoms in total. The van der Waals surface area contributed by atoms with Crippen LogP contribution in [0.3, 0.4) is 0 Å². The zero-order chi connectivity index (χ0) is 17.2. The number of aromatic nitrogens is 2. The molecule has 0 unspecified atom stereocenters. The second kappa shape index (κ2) is 6.69. The highest BCUT2D eigenvalue weighted by atomic mass is 16.1. The summed E-state index contributed by atoms with van der Waals surface area (Å²) in [4.78, 5) is 22.5. The Balaban J connectivity index is 1.60. The molecule has 0 saturated carbocycles. The van der Waals surface area contributed by atoms with Crippen LogP contribution in [0.1, 0.15) is 36.2 Å². The Hall–Kier alpha value is -2.66. The third-order valence-corrected chi connectivity index (χ3v) is 5.00. The predicted molar refractivity (Wildman–Crippen MR) is 98.0 cm³/mol. The first-order valence-corrected chi connectivity index (χ1v) is 8.75. The molecule has 25 heavy (non-hydrogen) atoms. The highest BCUT2D eigenvalue weighted by molar-refractivity contribution is 5.81. The molecular weight excluding hydrogens is 312 g/mol. The van der Waals surface area contributed by atoms with Gasteiger partial charge in [0.25, 0.3) is 0 Å². The molecule has 0 aliphatic carbocycles. The lowest BCUT2D eigenvalue weighted by molar-refractivity contribution is -0.124. The molecule has 3 aromatic rings. The van der Waals surface area contributed by atoms with E-state index in [-0.39, 0.29) is 17.9 Å². The first-order valence-electron chi connectivity index (χ1n) is 8.75. The van der Waals surface area contributed by atoms with E-state index in [1.807, 2.05) is 54.6 Å². The largest absolute Gasteiger partial charge is 0.368 e. The number of H-pyrrole nitrogens is 1. The number of benzene rings is 2. The van der Waals surface area contributed by atoms with Gasteiger partial charge >= 0.3 is 0 Å². The van der Waals surface area contributed by atoms with Gasteiger partial charge in [0.1, 0.15) is 11.9 Å². The fourth-order valence-corrected chi connectivity index (χ4v) is 3.82. The van der Waals surface area contributed by atoms with Gasteiger partial charge in [0, 0.05) is 12.5 Å². The number of nitrogens with two attached hydrogens (primary N) is 1. The van der Waals surface area contributed by atoms with Crippen LogP contribution >= 0.6 is 0 Å². The third kappa shape index (κ3) is 3.15. The van der Waals surface area contributed by atoms with Crippen molar-refractivity contribution in [2.24, 2.45) is 5.73 Å². The highest BCUT2D eigenvalue weighted by Crippen LogP contribution is 2.31. The number of aromatic amines is 1. The SMILES string of the molecule is NC(=O)[C@@H](c1ccccc1)N1CCC[C@@H](c2nc3ccccc3[nH]2)C1. The smallest absolute Gasteiger partial charge is 0.239 e. The molecule has 1 aliphatic rings. The molecule has 5 heteroatoms. The number of para-hydroxylation sites is 2. The molecular formula is C20H22N4O. The van der Waals surface area contributed by atoms with Crippen LogP contribution in [0.15, 0.2) is 54.6 Å². The molecule has 3 N–H and O–H groups in total. The second-order valence-electron chi connectivity index (χ2n) is 6.69. The van der Waals surface area contributed by atoms with Crippen molar-refractivity contribution in [2.45, 2.75) is 24.8 Å². The summed E-state index contributed by atoms with van der Waals surface area (Å²) in [5, 5.41) is 0. The second-order valence-corrected chi connectivity index (χ2v) is 6.69. The van der Waals surface area contributed by atoms with Crippen LogP contribution in [-0.4, -0.2) is 33.9 Å². The quantitative estimate of drug-likeness (QED) is 0.770. The van der Waals surface area contributed by atoms with E-state index in [2.05, 4.69) is 9.88 Å². The summed E-state index contributed by atoms with van der Waals surface area (Å²) in [5.41, 5.74) is 8.75. The summed E-state index contributed by atoms with van der Waals surface area (Å²) >= 11 is 0. The lowest BCUT2D eigenvalue weighted by Gasteiger charge is -2.36. The van der Waals surface area contributed by atoms with E-state index in [1.54, 1.807) is 0 Å². The number of carbonyl (C=O) groups excluding carboxylic acids is 1. The molecule has 2 heterocycles. The lowest BCUT2D eigenvalue weighted by Crippen LogP contribution is -2.43. The zero-order valence-electron chi connectivity index (χ0n) is 14.1. The number of nitrogens with one attached hydrogen (secondary N) is 1. The molecule has 1 saturated heterocycles. The molecule has 0 bridgehead atoms. The van der Waals surface area contributed by atoms with Crippen LogP contribution in [0.4, 0.5) is 0 Å². The maximum atomic E-state index is 12.1. The predicted octanol–water partition coefficient (Wildman–Crippen LogP) is 2.97. The Morgan fingerprint density at radius 3 is 2.68 bits per heavy atom. The highest BCUT2D eigenvalue weighted by Gasteiger charge is 2.32. The van der Waals surface area contributed by atoms with Gasteiger partial charge in [0.15, 0.2) is 0 Å². The Morgan fingerprint density at radius 1 is 1.16 bits per heavy atom. The summed E-state index contributed by atoms with van der Waals surface area (Å²) in [6, 6.07) is 17.5. The van der Waals surface area contributed by atoms with E-state index in [1.165, 1.54) is 0 Å². The number of fused-ring (bicyclic) bond motifs is 1. The lowest BCUT2D eigenvalue weighted by atomic mass is 9.94. The van der Waals surface area contributed by atoms with Gasteiger partial charge in [-0.2, -0.15) is 0 Å². The number of nitrogens with zero attached hydrogens (tertiary/aromatic N) is 2. The van der Waals surface area contributed by atoms with Gasteiger partial charge in [-0.05, 0) is 37.1 Å². The van der Waals surface area contributed by atoms with Crippen molar-refractivity contribution in [3.63, 3.8) is 0 Å². The molecule has 1 fully saturated rings. The van der Waals surface area contributed by atoms with Crippen LogP contribution in [0.25, 0.3) is 11.0 Å². The van der Waals surface area contributed by atoms with E-state index in [0.29, 0.717) is 0 Å². The van der Waals surface area contributed by atoms with Crippen molar-refractivity contribution in [3.05, 3.63) is 66.0 Å². The van der Waals surface area contributed by atoms with E-state index in [0.717, 1.165) is 48.4 Å². The Kier molecular flexibility index (Phi) is 4.24. The van der Waals surface area contributed by atoms with Gasteiger partial charge in [-0.3, -0.25) is 9.69 Å². The minimum atomic E-state index is -0.381. The van der Waals surface area contributed by atoms with Gasteiger partial charge < -0.3 is 10.7 Å². The molecule has 128 valence electrons. The number of imidazole rings is 1. The first kappa shape index (κ1) is 15.8. The number of likely N-dealkylation sites (tertiary alicyclic amines) is 1. The summed E-state index contributed by atoms with van der Waals surface area (Å²) in [6.07, 6.45) is 2.09. The van der Waals surface area contributed by atoms with Crippen LogP contribution in [0, 0.1) is 0 Å². The van der Waals surface area contributed by atoms with Crippen LogP contribution in [0.2, 0.25) is 0 Å². The maximum Gasteiger partial charge on any atom is 0.239 e. The van der Waals surface area contributed by atoms with Gasteiger partial charge in [-0.25, -0.2) is 4.98 Å². The van der Waals surface area contributed by atoms with E-state index in [4.69, 9.17) is 10.7 Å².